The summed E-state index contributed by atoms with van der Waals surface area (Å²) in [4.78, 5) is 23.9. The maximum absolute atomic E-state index is 12.9. The van der Waals surface area contributed by atoms with E-state index in [-0.39, 0.29) is 18.3 Å². The summed E-state index contributed by atoms with van der Waals surface area (Å²) in [6, 6.07) is 17.5. The Morgan fingerprint density at radius 3 is 2.53 bits per heavy atom. The number of anilines is 2. The van der Waals surface area contributed by atoms with E-state index >= 15 is 0 Å². The number of benzene rings is 3. The van der Waals surface area contributed by atoms with Crippen molar-refractivity contribution in [3.8, 4) is 5.75 Å². The van der Waals surface area contributed by atoms with E-state index < -0.39 is 6.03 Å². The molecule has 164 valence electrons. The van der Waals surface area contributed by atoms with Crippen LogP contribution in [0.3, 0.4) is 0 Å². The monoisotopic (exact) mass is 498 g/mol. The number of nitrogens with zero attached hydrogens (tertiary/aromatic N) is 1. The van der Waals surface area contributed by atoms with Gasteiger partial charge in [0.05, 0.1) is 10.7 Å². The fraction of sp³-hybridized carbons (Fsp3) is 0.0870. The Hall–Kier alpha value is -3.72. The first kappa shape index (κ1) is 23.0. The Bertz CT molecular complexity index is 1140. The quantitative estimate of drug-likeness (QED) is 0.313. The van der Waals surface area contributed by atoms with E-state index in [1.54, 1.807) is 24.3 Å². The van der Waals surface area contributed by atoms with E-state index in [9.17, 15) is 14.0 Å². The van der Waals surface area contributed by atoms with Crippen molar-refractivity contribution < 1.29 is 18.7 Å². The van der Waals surface area contributed by atoms with Crippen molar-refractivity contribution >= 4 is 45.5 Å². The van der Waals surface area contributed by atoms with Crippen LogP contribution in [0.4, 0.5) is 20.6 Å². The molecule has 0 aliphatic heterocycles. The summed E-state index contributed by atoms with van der Waals surface area (Å²) in [5.41, 5.74) is 5.23. The number of rotatable bonds is 7. The van der Waals surface area contributed by atoms with Crippen LogP contribution in [0.1, 0.15) is 11.1 Å². The van der Waals surface area contributed by atoms with E-state index in [2.05, 4.69) is 37.1 Å². The first-order chi connectivity index (χ1) is 15.4. The second-order valence-corrected chi connectivity index (χ2v) is 7.53. The molecule has 0 aromatic heterocycles. The lowest BCUT2D eigenvalue weighted by molar-refractivity contribution is -0.118. The smallest absolute Gasteiger partial charge is 0.339 e. The number of ether oxygens (including phenoxy) is 1. The average Bonchev–Trinajstić information content (AvgIpc) is 2.76. The minimum atomic E-state index is -0.457. The summed E-state index contributed by atoms with van der Waals surface area (Å²) in [5, 5.41) is 9.26. The van der Waals surface area contributed by atoms with Crippen LogP contribution in [0.2, 0.25) is 0 Å². The Morgan fingerprint density at radius 1 is 1.06 bits per heavy atom. The number of hydrogen-bond acceptors (Lipinski definition) is 4. The molecule has 7 nitrogen and oxygen atoms in total. The van der Waals surface area contributed by atoms with Gasteiger partial charge in [0.15, 0.2) is 6.61 Å². The third kappa shape index (κ3) is 6.92. The van der Waals surface area contributed by atoms with Crippen LogP contribution in [0, 0.1) is 12.7 Å². The normalized spacial score (nSPS) is 10.6. The maximum Gasteiger partial charge on any atom is 0.339 e. The number of halogens is 2. The molecule has 32 heavy (non-hydrogen) atoms. The van der Waals surface area contributed by atoms with Gasteiger partial charge in [-0.2, -0.15) is 5.10 Å². The molecule has 0 fully saturated rings. The number of carbonyl (C=O) groups excluding carboxylic acids is 2. The van der Waals surface area contributed by atoms with Crippen LogP contribution in [0.15, 0.2) is 76.3 Å². The molecule has 0 saturated heterocycles. The lowest BCUT2D eigenvalue weighted by Crippen LogP contribution is -2.24. The average molecular weight is 499 g/mol. The van der Waals surface area contributed by atoms with E-state index in [1.165, 1.54) is 30.5 Å². The third-order valence-electron chi connectivity index (χ3n) is 4.22. The van der Waals surface area contributed by atoms with Crippen LogP contribution < -0.4 is 20.8 Å². The summed E-state index contributed by atoms with van der Waals surface area (Å²) < 4.78 is 19.0. The number of amides is 3. The molecule has 0 atom stereocenters. The number of urea groups is 1. The standard InChI is InChI=1S/C23H20BrFN4O3/c1-15-4-2-3-5-20(15)28-23(31)29-26-13-16-6-11-21(19(24)12-16)32-14-22(30)27-18-9-7-17(25)8-10-18/h2-13H,14H2,1H3,(H,27,30)(H2,28,29,31). The molecule has 3 amide bonds. The molecule has 3 aromatic carbocycles. The zero-order chi connectivity index (χ0) is 22.9. The van der Waals surface area contributed by atoms with Gasteiger partial charge in [0.1, 0.15) is 11.6 Å². The number of carbonyl (C=O) groups is 2. The van der Waals surface area contributed by atoms with E-state index in [0.717, 1.165) is 5.56 Å². The zero-order valence-corrected chi connectivity index (χ0v) is 18.6. The molecule has 0 spiro atoms. The van der Waals surface area contributed by atoms with Crippen molar-refractivity contribution in [2.45, 2.75) is 6.92 Å². The molecule has 0 saturated carbocycles. The fourth-order valence-electron chi connectivity index (χ4n) is 2.62. The van der Waals surface area contributed by atoms with Crippen molar-refractivity contribution in [1.82, 2.24) is 5.43 Å². The zero-order valence-electron chi connectivity index (χ0n) is 17.1. The largest absolute Gasteiger partial charge is 0.483 e. The van der Waals surface area contributed by atoms with Crippen molar-refractivity contribution in [1.29, 1.82) is 0 Å². The highest BCUT2D eigenvalue weighted by molar-refractivity contribution is 9.10. The molecule has 0 bridgehead atoms. The van der Waals surface area contributed by atoms with Crippen molar-refractivity contribution in [3.63, 3.8) is 0 Å². The van der Waals surface area contributed by atoms with Gasteiger partial charge in [-0.25, -0.2) is 14.6 Å². The maximum atomic E-state index is 12.9. The predicted molar refractivity (Wildman–Crippen MR) is 126 cm³/mol. The number of hydrogen-bond donors (Lipinski definition) is 3. The first-order valence-corrected chi connectivity index (χ1v) is 10.3. The minimum Gasteiger partial charge on any atom is -0.483 e. The number of aryl methyl sites for hydroxylation is 1. The molecule has 0 heterocycles. The summed E-state index contributed by atoms with van der Waals surface area (Å²) in [6.45, 7) is 1.68. The van der Waals surface area contributed by atoms with Crippen LogP contribution >= 0.6 is 15.9 Å². The highest BCUT2D eigenvalue weighted by Crippen LogP contribution is 2.25. The van der Waals surface area contributed by atoms with E-state index in [4.69, 9.17) is 4.74 Å². The van der Waals surface area contributed by atoms with Crippen LogP contribution in [0.5, 0.6) is 5.75 Å². The molecular formula is C23H20BrFN4O3. The highest BCUT2D eigenvalue weighted by atomic mass is 79.9. The Balaban J connectivity index is 1.48. The summed E-state index contributed by atoms with van der Waals surface area (Å²) >= 11 is 3.39. The van der Waals surface area contributed by atoms with Crippen molar-refractivity contribution in [2.24, 2.45) is 5.10 Å². The summed E-state index contributed by atoms with van der Waals surface area (Å²) in [5.74, 6) is -0.298. The van der Waals surface area contributed by atoms with Gasteiger partial charge in [-0.3, -0.25) is 4.79 Å². The highest BCUT2D eigenvalue weighted by Gasteiger charge is 2.07. The van der Waals surface area contributed by atoms with Crippen LogP contribution in [-0.2, 0) is 4.79 Å². The van der Waals surface area contributed by atoms with E-state index in [0.29, 0.717) is 27.2 Å². The number of nitrogens with one attached hydrogen (secondary N) is 3. The number of hydrazone groups is 1. The molecule has 3 aromatic rings. The molecule has 0 aliphatic carbocycles. The molecule has 0 radical (unpaired) electrons. The van der Waals surface area contributed by atoms with Gasteiger partial charge >= 0.3 is 6.03 Å². The number of para-hydroxylation sites is 1. The Labute approximate surface area is 192 Å². The molecule has 3 N–H and O–H groups in total. The van der Waals surface area contributed by atoms with E-state index in [1.807, 2.05) is 25.1 Å². The molecule has 9 heteroatoms. The van der Waals surface area contributed by atoms with Gasteiger partial charge in [-0.15, -0.1) is 0 Å². The first-order valence-electron chi connectivity index (χ1n) is 9.54. The van der Waals surface area contributed by atoms with Gasteiger partial charge < -0.3 is 15.4 Å². The topological polar surface area (TPSA) is 91.8 Å². The molecule has 0 unspecified atom stereocenters. The second kappa shape index (κ2) is 11.1. The van der Waals surface area contributed by atoms with Crippen molar-refractivity contribution in [2.75, 3.05) is 17.2 Å². The van der Waals surface area contributed by atoms with Crippen LogP contribution in [0.25, 0.3) is 0 Å². The Morgan fingerprint density at radius 2 is 1.81 bits per heavy atom. The van der Waals surface area contributed by atoms with Crippen LogP contribution in [-0.4, -0.2) is 24.8 Å². The molecular weight excluding hydrogens is 479 g/mol. The van der Waals surface area contributed by atoms with Gasteiger partial charge in [0, 0.05) is 11.4 Å². The lowest BCUT2D eigenvalue weighted by Gasteiger charge is -2.09. The van der Waals surface area contributed by atoms with Crippen molar-refractivity contribution in [3.05, 3.63) is 88.1 Å². The SMILES string of the molecule is Cc1ccccc1NC(=O)NN=Cc1ccc(OCC(=O)Nc2ccc(F)cc2)c(Br)c1. The predicted octanol–water partition coefficient (Wildman–Crippen LogP) is 5.07. The third-order valence-corrected chi connectivity index (χ3v) is 4.84. The summed E-state index contributed by atoms with van der Waals surface area (Å²) in [6.07, 6.45) is 1.48. The fourth-order valence-corrected chi connectivity index (χ4v) is 3.13. The lowest BCUT2D eigenvalue weighted by atomic mass is 10.2. The van der Waals surface area contributed by atoms with Gasteiger partial charge in [0.2, 0.25) is 0 Å². The second-order valence-electron chi connectivity index (χ2n) is 6.67. The minimum absolute atomic E-state index is 0.218. The summed E-state index contributed by atoms with van der Waals surface area (Å²) in [7, 11) is 0. The molecule has 0 aliphatic rings. The molecule has 3 rings (SSSR count). The van der Waals surface area contributed by atoms with Gasteiger partial charge in [-0.1, -0.05) is 18.2 Å². The van der Waals surface area contributed by atoms with Gasteiger partial charge in [-0.05, 0) is 82.5 Å². The van der Waals surface area contributed by atoms with Gasteiger partial charge in [0.25, 0.3) is 5.91 Å². The Kier molecular flexibility index (Phi) is 7.93.